The van der Waals surface area contributed by atoms with E-state index >= 15 is 0 Å². The minimum absolute atomic E-state index is 0. The Morgan fingerprint density at radius 3 is 2.58 bits per heavy atom. The first-order valence-corrected chi connectivity index (χ1v) is 8.38. The van der Waals surface area contributed by atoms with Crippen LogP contribution in [0.25, 0.3) is 10.9 Å². The van der Waals surface area contributed by atoms with E-state index < -0.39 is 0 Å². The van der Waals surface area contributed by atoms with E-state index in [0.29, 0.717) is 13.0 Å². The van der Waals surface area contributed by atoms with Gasteiger partial charge < -0.3 is 11.1 Å². The predicted molar refractivity (Wildman–Crippen MR) is 108 cm³/mol. The molecule has 2 aromatic heterocycles. The van der Waals surface area contributed by atoms with Crippen LogP contribution < -0.4 is 11.1 Å². The maximum atomic E-state index is 5.64. The molecule has 0 unspecified atom stereocenters. The lowest BCUT2D eigenvalue weighted by atomic mass is 10.2. The number of benzene rings is 1. The average Bonchev–Trinajstić information content (AvgIpc) is 2.93. The molecule has 0 spiro atoms. The number of anilines is 1. The number of hydrogen-bond donors (Lipinski definition) is 2. The fraction of sp³-hybridized carbons (Fsp3) is 0.294. The number of hydrogen-bond acceptors (Lipinski definition) is 5. The van der Waals surface area contributed by atoms with Crippen LogP contribution in [0.2, 0.25) is 0 Å². The van der Waals surface area contributed by atoms with Gasteiger partial charge in [0.25, 0.3) is 0 Å². The normalized spacial score (nSPS) is 10.1. The molecule has 0 radical (unpaired) electrons. The Labute approximate surface area is 158 Å². The number of nitrogens with two attached hydrogens (primary N) is 1. The van der Waals surface area contributed by atoms with Crippen LogP contribution in [-0.2, 0) is 12.8 Å². The van der Waals surface area contributed by atoms with Crippen molar-refractivity contribution in [3.05, 3.63) is 52.0 Å². The molecule has 3 N–H and O–H groups in total. The third-order valence-corrected chi connectivity index (χ3v) is 4.71. The molecule has 0 atom stereocenters. The quantitative estimate of drug-likeness (QED) is 0.673. The second-order valence-corrected chi connectivity index (χ2v) is 6.25. The smallest absolute Gasteiger partial charge is 0.137 e. The van der Waals surface area contributed by atoms with E-state index in [9.17, 15) is 0 Å². The number of rotatable bonds is 6. The number of thiophene rings is 1. The lowest BCUT2D eigenvalue weighted by Gasteiger charge is -2.10. The minimum atomic E-state index is 0. The van der Waals surface area contributed by atoms with Gasteiger partial charge >= 0.3 is 0 Å². The Balaban J connectivity index is 0.00000144. The number of fused-ring (bicyclic) bond motifs is 1. The zero-order valence-corrected chi connectivity index (χ0v) is 15.9. The molecular formula is C17H22Cl2N4S. The summed E-state index contributed by atoms with van der Waals surface area (Å²) in [4.78, 5) is 10.6. The summed E-state index contributed by atoms with van der Waals surface area (Å²) in [6.07, 6.45) is 1.71. The summed E-state index contributed by atoms with van der Waals surface area (Å²) in [7, 11) is 0. The van der Waals surface area contributed by atoms with Crippen LogP contribution in [0.3, 0.4) is 0 Å². The highest BCUT2D eigenvalue weighted by Gasteiger charge is 2.07. The Morgan fingerprint density at radius 1 is 1.08 bits per heavy atom. The van der Waals surface area contributed by atoms with Gasteiger partial charge in [0.2, 0.25) is 0 Å². The first kappa shape index (κ1) is 20.6. The molecule has 0 saturated heterocycles. The molecule has 7 heteroatoms. The van der Waals surface area contributed by atoms with Gasteiger partial charge in [-0.05, 0) is 49.0 Å². The SMILES string of the molecule is Cc1ccsc1CCNc1nc(CCN)nc2ccccc12.Cl.Cl. The molecule has 0 fully saturated rings. The molecule has 0 bridgehead atoms. The van der Waals surface area contributed by atoms with E-state index in [1.807, 2.05) is 29.5 Å². The molecule has 0 aliphatic carbocycles. The van der Waals surface area contributed by atoms with E-state index in [0.717, 1.165) is 35.5 Å². The first-order chi connectivity index (χ1) is 10.8. The minimum Gasteiger partial charge on any atom is -0.369 e. The van der Waals surface area contributed by atoms with Crippen LogP contribution >= 0.6 is 36.2 Å². The van der Waals surface area contributed by atoms with Crippen LogP contribution in [0.1, 0.15) is 16.3 Å². The van der Waals surface area contributed by atoms with Crippen LogP contribution in [0, 0.1) is 6.92 Å². The standard InChI is InChI=1S/C17H20N4S.2ClH/c1-12-8-11-22-15(12)7-10-19-17-13-4-2-3-5-14(13)20-16(21-17)6-9-18;;/h2-5,8,11H,6-7,9-10,18H2,1H3,(H,19,20,21);2*1H. The number of nitrogens with zero attached hydrogens (tertiary/aromatic N) is 2. The third-order valence-electron chi connectivity index (χ3n) is 3.63. The first-order valence-electron chi connectivity index (χ1n) is 7.50. The van der Waals surface area contributed by atoms with Crippen molar-refractivity contribution in [2.45, 2.75) is 19.8 Å². The third kappa shape index (κ3) is 4.80. The van der Waals surface area contributed by atoms with E-state index in [1.54, 1.807) is 0 Å². The molecule has 0 saturated carbocycles. The topological polar surface area (TPSA) is 63.8 Å². The monoisotopic (exact) mass is 384 g/mol. The van der Waals surface area contributed by atoms with Gasteiger partial charge in [-0.3, -0.25) is 0 Å². The Kier molecular flexibility index (Phi) is 8.42. The van der Waals surface area contributed by atoms with E-state index in [-0.39, 0.29) is 24.8 Å². The summed E-state index contributed by atoms with van der Waals surface area (Å²) in [5, 5.41) is 6.67. The van der Waals surface area contributed by atoms with Crippen LogP contribution in [-0.4, -0.2) is 23.1 Å². The zero-order chi connectivity index (χ0) is 15.4. The molecule has 24 heavy (non-hydrogen) atoms. The number of halogens is 2. The molecule has 0 aliphatic heterocycles. The summed E-state index contributed by atoms with van der Waals surface area (Å²) in [5.41, 5.74) is 7.97. The lowest BCUT2D eigenvalue weighted by molar-refractivity contribution is 0.876. The van der Waals surface area contributed by atoms with E-state index in [4.69, 9.17) is 5.73 Å². The van der Waals surface area contributed by atoms with Gasteiger partial charge in [-0.2, -0.15) is 0 Å². The maximum Gasteiger partial charge on any atom is 0.137 e. The van der Waals surface area contributed by atoms with E-state index in [1.165, 1.54) is 10.4 Å². The molecule has 1 aromatic carbocycles. The van der Waals surface area contributed by atoms with Gasteiger partial charge in [0.05, 0.1) is 5.52 Å². The molecular weight excluding hydrogens is 363 g/mol. The number of para-hydroxylation sites is 1. The highest BCUT2D eigenvalue weighted by Crippen LogP contribution is 2.21. The summed E-state index contributed by atoms with van der Waals surface area (Å²) in [6.45, 7) is 3.59. The zero-order valence-electron chi connectivity index (χ0n) is 13.5. The summed E-state index contributed by atoms with van der Waals surface area (Å²) < 4.78 is 0. The average molecular weight is 385 g/mol. The Hall–Kier alpha value is -1.40. The summed E-state index contributed by atoms with van der Waals surface area (Å²) in [5.74, 6) is 1.71. The molecule has 0 aliphatic rings. The van der Waals surface area contributed by atoms with Crippen LogP contribution in [0.5, 0.6) is 0 Å². The summed E-state index contributed by atoms with van der Waals surface area (Å²) >= 11 is 1.81. The molecule has 130 valence electrons. The number of aryl methyl sites for hydroxylation is 1. The predicted octanol–water partition coefficient (Wildman–Crippen LogP) is 4.00. The lowest BCUT2D eigenvalue weighted by Crippen LogP contribution is -2.11. The van der Waals surface area contributed by atoms with Crippen LogP contribution in [0.15, 0.2) is 35.7 Å². The van der Waals surface area contributed by atoms with Crippen molar-refractivity contribution in [1.82, 2.24) is 9.97 Å². The van der Waals surface area contributed by atoms with Gasteiger partial charge in [0.1, 0.15) is 11.6 Å². The van der Waals surface area contributed by atoms with Gasteiger partial charge in [-0.25, -0.2) is 9.97 Å². The second kappa shape index (κ2) is 9.79. The van der Waals surface area contributed by atoms with Gasteiger partial charge in [0.15, 0.2) is 0 Å². The second-order valence-electron chi connectivity index (χ2n) is 5.25. The molecule has 3 aromatic rings. The van der Waals surface area contributed by atoms with Gasteiger partial charge in [-0.1, -0.05) is 12.1 Å². The molecule has 4 nitrogen and oxygen atoms in total. The fourth-order valence-electron chi connectivity index (χ4n) is 2.45. The fourth-order valence-corrected chi connectivity index (χ4v) is 3.37. The molecule has 0 amide bonds. The number of aromatic nitrogens is 2. The Morgan fingerprint density at radius 2 is 1.88 bits per heavy atom. The van der Waals surface area contributed by atoms with Crippen molar-refractivity contribution < 1.29 is 0 Å². The van der Waals surface area contributed by atoms with Crippen molar-refractivity contribution in [2.24, 2.45) is 5.73 Å². The van der Waals surface area contributed by atoms with Crippen molar-refractivity contribution >= 4 is 52.9 Å². The highest BCUT2D eigenvalue weighted by molar-refractivity contribution is 7.10. The largest absolute Gasteiger partial charge is 0.369 e. The van der Waals surface area contributed by atoms with Gasteiger partial charge in [-0.15, -0.1) is 36.2 Å². The highest BCUT2D eigenvalue weighted by atomic mass is 35.5. The Bertz CT molecular complexity index is 776. The summed E-state index contributed by atoms with van der Waals surface area (Å²) in [6, 6.07) is 10.3. The van der Waals surface area contributed by atoms with Crippen molar-refractivity contribution in [3.8, 4) is 0 Å². The maximum absolute atomic E-state index is 5.64. The molecule has 3 rings (SSSR count). The van der Waals surface area contributed by atoms with Crippen LogP contribution in [0.4, 0.5) is 5.82 Å². The van der Waals surface area contributed by atoms with Crippen molar-refractivity contribution in [1.29, 1.82) is 0 Å². The van der Waals surface area contributed by atoms with E-state index in [2.05, 4.69) is 39.7 Å². The van der Waals surface area contributed by atoms with Crippen molar-refractivity contribution in [3.63, 3.8) is 0 Å². The number of nitrogens with one attached hydrogen (secondary N) is 1. The van der Waals surface area contributed by atoms with Crippen molar-refractivity contribution in [2.75, 3.05) is 18.4 Å². The van der Waals surface area contributed by atoms with Gasteiger partial charge in [0, 0.05) is 23.2 Å². The molecule has 2 heterocycles.